The maximum atomic E-state index is 13.5. The van der Waals surface area contributed by atoms with Gasteiger partial charge >= 0.3 is 0 Å². The molecule has 0 saturated heterocycles. The zero-order valence-electron chi connectivity index (χ0n) is 18.4. The van der Waals surface area contributed by atoms with E-state index in [0.717, 1.165) is 0 Å². The molecule has 0 atom stereocenters. The molecule has 0 aliphatic heterocycles. The number of ether oxygens (including phenoxy) is 2. The molecule has 3 rings (SSSR count). The normalized spacial score (nSPS) is 11.3. The number of rotatable bonds is 13. The second kappa shape index (κ2) is 12.8. The Morgan fingerprint density at radius 2 is 1.62 bits per heavy atom. The quantitative estimate of drug-likeness (QED) is 0.324. The minimum Gasteiger partial charge on any atom is -0.492 e. The number of hydrogen-bond donors (Lipinski definition) is 2. The van der Waals surface area contributed by atoms with Crippen molar-refractivity contribution in [3.05, 3.63) is 76.9 Å². The van der Waals surface area contributed by atoms with Gasteiger partial charge in [0.15, 0.2) is 5.82 Å². The highest BCUT2D eigenvalue weighted by atomic mass is 35.5. The number of hydrogen-bond acceptors (Lipinski definition) is 7. The summed E-state index contributed by atoms with van der Waals surface area (Å²) < 4.78 is 39.5. The lowest BCUT2D eigenvalue weighted by molar-refractivity contribution is 0.149. The van der Waals surface area contributed by atoms with Crippen LogP contribution in [0.1, 0.15) is 0 Å². The van der Waals surface area contributed by atoms with Gasteiger partial charge in [0.2, 0.25) is 0 Å². The fourth-order valence-corrected chi connectivity index (χ4v) is 4.75. The predicted molar refractivity (Wildman–Crippen MR) is 136 cm³/mol. The summed E-state index contributed by atoms with van der Waals surface area (Å²) in [7, 11) is -3.92. The largest absolute Gasteiger partial charge is 0.492 e. The standard InChI is InChI=1S/C23H26Cl2N4O4S/c24-18-3-7-20(8-4-18)33-16-13-28-23-22(2-1-12-27-23)29(14-17-32-15-11-26)34(30,31)21-9-5-19(25)6-10-21/h1-10,12H,11,13-17,26H2,(H,27,28). The first-order valence-corrected chi connectivity index (χ1v) is 12.7. The van der Waals surface area contributed by atoms with E-state index in [1.54, 1.807) is 42.6 Å². The molecule has 182 valence electrons. The smallest absolute Gasteiger partial charge is 0.264 e. The van der Waals surface area contributed by atoms with Crippen LogP contribution in [0.15, 0.2) is 71.8 Å². The number of nitrogens with one attached hydrogen (secondary N) is 1. The van der Waals surface area contributed by atoms with Crippen molar-refractivity contribution in [1.82, 2.24) is 4.98 Å². The monoisotopic (exact) mass is 524 g/mol. The highest BCUT2D eigenvalue weighted by Crippen LogP contribution is 2.29. The van der Waals surface area contributed by atoms with E-state index in [9.17, 15) is 8.42 Å². The van der Waals surface area contributed by atoms with Crippen molar-refractivity contribution in [3.8, 4) is 5.75 Å². The predicted octanol–water partition coefficient (Wildman–Crippen LogP) is 4.05. The van der Waals surface area contributed by atoms with Gasteiger partial charge < -0.3 is 20.5 Å². The Labute approximate surface area is 209 Å². The maximum Gasteiger partial charge on any atom is 0.264 e. The highest BCUT2D eigenvalue weighted by Gasteiger charge is 2.27. The van der Waals surface area contributed by atoms with E-state index in [2.05, 4.69) is 10.3 Å². The number of sulfonamides is 1. The van der Waals surface area contributed by atoms with Crippen LogP contribution in [-0.2, 0) is 14.8 Å². The Hall–Kier alpha value is -2.56. The Morgan fingerprint density at radius 1 is 0.941 bits per heavy atom. The van der Waals surface area contributed by atoms with Crippen LogP contribution in [0.5, 0.6) is 5.75 Å². The summed E-state index contributed by atoms with van der Waals surface area (Å²) in [5.74, 6) is 1.08. The maximum absolute atomic E-state index is 13.5. The number of nitrogens with zero attached hydrogens (tertiary/aromatic N) is 2. The lowest BCUT2D eigenvalue weighted by Gasteiger charge is -2.26. The third-order valence-electron chi connectivity index (χ3n) is 4.63. The molecule has 1 heterocycles. The van der Waals surface area contributed by atoms with Crippen molar-refractivity contribution in [1.29, 1.82) is 0 Å². The SMILES string of the molecule is NCCOCCN(c1cccnc1NCCOc1ccc(Cl)cc1)S(=O)(=O)c1ccc(Cl)cc1. The van der Waals surface area contributed by atoms with E-state index in [-0.39, 0.29) is 18.0 Å². The molecule has 0 bridgehead atoms. The number of benzene rings is 2. The van der Waals surface area contributed by atoms with Crippen molar-refractivity contribution < 1.29 is 17.9 Å². The third kappa shape index (κ3) is 7.22. The van der Waals surface area contributed by atoms with Crippen molar-refractivity contribution in [3.63, 3.8) is 0 Å². The number of pyridine rings is 1. The average molecular weight is 525 g/mol. The van der Waals surface area contributed by atoms with Gasteiger partial charge in [-0.15, -0.1) is 0 Å². The van der Waals surface area contributed by atoms with Crippen LogP contribution in [-0.4, -0.2) is 52.9 Å². The van der Waals surface area contributed by atoms with Gasteiger partial charge in [-0.1, -0.05) is 23.2 Å². The highest BCUT2D eigenvalue weighted by molar-refractivity contribution is 7.92. The molecule has 0 amide bonds. The van der Waals surface area contributed by atoms with Crippen molar-refractivity contribution in [2.24, 2.45) is 5.73 Å². The first-order chi connectivity index (χ1) is 16.4. The fourth-order valence-electron chi connectivity index (χ4n) is 3.04. The first-order valence-electron chi connectivity index (χ1n) is 10.5. The van der Waals surface area contributed by atoms with Crippen LogP contribution in [0, 0.1) is 0 Å². The van der Waals surface area contributed by atoms with E-state index in [4.69, 9.17) is 38.4 Å². The van der Waals surface area contributed by atoms with Crippen LogP contribution in [0.25, 0.3) is 0 Å². The lowest BCUT2D eigenvalue weighted by atomic mass is 10.3. The van der Waals surface area contributed by atoms with Crippen LogP contribution in [0.2, 0.25) is 10.0 Å². The van der Waals surface area contributed by atoms with Crippen LogP contribution in [0.3, 0.4) is 0 Å². The molecule has 1 aromatic heterocycles. The summed E-state index contributed by atoms with van der Waals surface area (Å²) in [6.45, 7) is 1.64. The lowest BCUT2D eigenvalue weighted by Crippen LogP contribution is -2.35. The molecule has 8 nitrogen and oxygen atoms in total. The van der Waals surface area contributed by atoms with Gasteiger partial charge in [-0.2, -0.15) is 0 Å². The number of aromatic nitrogens is 1. The molecule has 0 unspecified atom stereocenters. The third-order valence-corrected chi connectivity index (χ3v) is 6.97. The van der Waals surface area contributed by atoms with Crippen LogP contribution >= 0.6 is 23.2 Å². The zero-order valence-corrected chi connectivity index (χ0v) is 20.7. The van der Waals surface area contributed by atoms with Gasteiger partial charge in [-0.25, -0.2) is 13.4 Å². The van der Waals surface area contributed by atoms with Crippen molar-refractivity contribution in [2.75, 3.05) is 49.1 Å². The number of nitrogens with two attached hydrogens (primary N) is 1. The molecule has 0 spiro atoms. The molecule has 3 aromatic rings. The summed E-state index contributed by atoms with van der Waals surface area (Å²) in [5.41, 5.74) is 5.87. The molecule has 34 heavy (non-hydrogen) atoms. The molecule has 11 heteroatoms. The van der Waals surface area contributed by atoms with E-state index in [0.29, 0.717) is 53.6 Å². The van der Waals surface area contributed by atoms with E-state index in [1.165, 1.54) is 28.6 Å². The van der Waals surface area contributed by atoms with E-state index >= 15 is 0 Å². The van der Waals surface area contributed by atoms with Gasteiger partial charge in [-0.05, 0) is 60.7 Å². The Kier molecular flexibility index (Phi) is 9.79. The number of anilines is 2. The summed E-state index contributed by atoms with van der Waals surface area (Å²) in [6.07, 6.45) is 1.59. The van der Waals surface area contributed by atoms with Gasteiger partial charge in [-0.3, -0.25) is 4.31 Å². The second-order valence-corrected chi connectivity index (χ2v) is 9.77. The molecular weight excluding hydrogens is 499 g/mol. The van der Waals surface area contributed by atoms with E-state index < -0.39 is 10.0 Å². The van der Waals surface area contributed by atoms with Crippen molar-refractivity contribution in [2.45, 2.75) is 4.90 Å². The molecular formula is C23H26Cl2N4O4S. The molecule has 0 saturated carbocycles. The van der Waals surface area contributed by atoms with Crippen LogP contribution in [0.4, 0.5) is 11.5 Å². The van der Waals surface area contributed by atoms with E-state index in [1.807, 2.05) is 0 Å². The Morgan fingerprint density at radius 3 is 2.29 bits per heavy atom. The Bertz CT molecular complexity index is 1150. The molecule has 2 aromatic carbocycles. The molecule has 0 aliphatic carbocycles. The summed E-state index contributed by atoms with van der Waals surface area (Å²) >= 11 is 11.8. The Balaban J connectivity index is 1.78. The van der Waals surface area contributed by atoms with Gasteiger partial charge in [0.05, 0.1) is 36.9 Å². The minimum absolute atomic E-state index is 0.0760. The topological polar surface area (TPSA) is 107 Å². The minimum atomic E-state index is -3.92. The molecule has 0 fully saturated rings. The van der Waals surface area contributed by atoms with Gasteiger partial charge in [0, 0.05) is 22.8 Å². The zero-order chi connectivity index (χ0) is 24.4. The number of halogens is 2. The molecule has 0 aliphatic rings. The first kappa shape index (κ1) is 26.1. The molecule has 0 radical (unpaired) electrons. The van der Waals surface area contributed by atoms with Gasteiger partial charge in [0.1, 0.15) is 12.4 Å². The molecule has 3 N–H and O–H groups in total. The van der Waals surface area contributed by atoms with Crippen molar-refractivity contribution >= 4 is 44.7 Å². The summed E-state index contributed by atoms with van der Waals surface area (Å²) in [6, 6.07) is 16.4. The fraction of sp³-hybridized carbons (Fsp3) is 0.261. The second-order valence-electron chi connectivity index (χ2n) is 7.03. The summed E-state index contributed by atoms with van der Waals surface area (Å²) in [4.78, 5) is 4.46. The summed E-state index contributed by atoms with van der Waals surface area (Å²) in [5, 5.41) is 4.23. The van der Waals surface area contributed by atoms with Gasteiger partial charge in [0.25, 0.3) is 10.0 Å². The van der Waals surface area contributed by atoms with Crippen LogP contribution < -0.4 is 20.1 Å². The average Bonchev–Trinajstić information content (AvgIpc) is 2.83.